The Morgan fingerprint density at radius 3 is 2.21 bits per heavy atom. The van der Waals surface area contributed by atoms with Gasteiger partial charge in [-0.1, -0.05) is 12.1 Å². The Morgan fingerprint density at radius 2 is 1.64 bits per heavy atom. The van der Waals surface area contributed by atoms with Crippen molar-refractivity contribution in [3.8, 4) is 0 Å². The van der Waals surface area contributed by atoms with Gasteiger partial charge in [0.15, 0.2) is 0 Å². The highest BCUT2D eigenvalue weighted by molar-refractivity contribution is 8.01. The molecule has 2 rings (SSSR count). The molecule has 28 heavy (non-hydrogen) atoms. The smallest absolute Gasteiger partial charge is 0.351 e. The molecule has 0 spiro atoms. The average Bonchev–Trinajstić information content (AvgIpc) is 2.65. The molecule has 150 valence electrons. The van der Waals surface area contributed by atoms with Gasteiger partial charge in [0, 0.05) is 12.2 Å². The van der Waals surface area contributed by atoms with Gasteiger partial charge in [-0.05, 0) is 48.9 Å². The molecule has 0 bridgehead atoms. The fourth-order valence-corrected chi connectivity index (χ4v) is 2.86. The molecular weight excluding hydrogens is 396 g/mol. The van der Waals surface area contributed by atoms with Crippen LogP contribution in [0.1, 0.15) is 18.1 Å². The van der Waals surface area contributed by atoms with E-state index >= 15 is 0 Å². The topological polar surface area (TPSA) is 58.2 Å². The van der Waals surface area contributed by atoms with E-state index in [0.717, 1.165) is 23.9 Å². The Kier molecular flexibility index (Phi) is 7.45. The summed E-state index contributed by atoms with van der Waals surface area (Å²) in [6.45, 7) is 1.71. The normalized spacial score (nSPS) is 12.3. The standard InChI is InChI=1S/C19H18F4N2O2S/c1-12(28-11-17(26)25-16-8-6-15(20)7-9-16)18(27)24-10-13-2-4-14(5-3-13)19(21,22)23/h2-9,12H,10-11H2,1H3,(H,24,27)(H,25,26). The van der Waals surface area contributed by atoms with Crippen LogP contribution in [0.15, 0.2) is 48.5 Å². The van der Waals surface area contributed by atoms with Crippen molar-refractivity contribution >= 4 is 29.3 Å². The second kappa shape index (κ2) is 9.59. The number of rotatable bonds is 7. The highest BCUT2D eigenvalue weighted by Crippen LogP contribution is 2.29. The molecule has 0 aromatic heterocycles. The van der Waals surface area contributed by atoms with E-state index in [9.17, 15) is 27.2 Å². The molecule has 4 nitrogen and oxygen atoms in total. The first-order valence-corrected chi connectivity index (χ1v) is 9.31. The molecule has 0 aliphatic carbocycles. The molecule has 1 atom stereocenters. The lowest BCUT2D eigenvalue weighted by Gasteiger charge is -2.13. The summed E-state index contributed by atoms with van der Waals surface area (Å²) in [5, 5.41) is 4.68. The van der Waals surface area contributed by atoms with Crippen LogP contribution in [0.3, 0.4) is 0 Å². The molecule has 0 saturated carbocycles. The number of alkyl halides is 3. The van der Waals surface area contributed by atoms with E-state index in [0.29, 0.717) is 11.3 Å². The third-order valence-corrected chi connectivity index (χ3v) is 4.85. The number of amides is 2. The van der Waals surface area contributed by atoms with Gasteiger partial charge >= 0.3 is 6.18 Å². The van der Waals surface area contributed by atoms with E-state index in [1.54, 1.807) is 6.92 Å². The Balaban J connectivity index is 1.74. The molecule has 2 N–H and O–H groups in total. The minimum absolute atomic E-state index is 0.0201. The maximum atomic E-state index is 12.8. The van der Waals surface area contributed by atoms with Crippen LogP contribution in [0.2, 0.25) is 0 Å². The van der Waals surface area contributed by atoms with Gasteiger partial charge in [-0.15, -0.1) is 11.8 Å². The molecule has 0 saturated heterocycles. The lowest BCUT2D eigenvalue weighted by Crippen LogP contribution is -2.31. The van der Waals surface area contributed by atoms with Crippen LogP contribution in [-0.2, 0) is 22.3 Å². The molecule has 9 heteroatoms. The van der Waals surface area contributed by atoms with Gasteiger partial charge in [0.2, 0.25) is 11.8 Å². The summed E-state index contributed by atoms with van der Waals surface area (Å²) in [4.78, 5) is 23.9. The summed E-state index contributed by atoms with van der Waals surface area (Å²) in [5.41, 5.74) is 0.234. The molecule has 1 unspecified atom stereocenters. The summed E-state index contributed by atoms with van der Waals surface area (Å²) in [6.07, 6.45) is -4.40. The van der Waals surface area contributed by atoms with E-state index in [-0.39, 0.29) is 24.1 Å². The summed E-state index contributed by atoms with van der Waals surface area (Å²) < 4.78 is 50.4. The number of anilines is 1. The number of hydrogen-bond donors (Lipinski definition) is 2. The van der Waals surface area contributed by atoms with Gasteiger partial charge in [-0.3, -0.25) is 9.59 Å². The molecule has 2 amide bonds. The highest BCUT2D eigenvalue weighted by Gasteiger charge is 2.29. The first-order chi connectivity index (χ1) is 13.1. The maximum absolute atomic E-state index is 12.8. The van der Waals surface area contributed by atoms with Gasteiger partial charge in [-0.2, -0.15) is 13.2 Å². The Bertz CT molecular complexity index is 808. The van der Waals surface area contributed by atoms with Crippen LogP contribution in [0, 0.1) is 5.82 Å². The van der Waals surface area contributed by atoms with Gasteiger partial charge in [0.05, 0.1) is 16.6 Å². The van der Waals surface area contributed by atoms with E-state index in [1.165, 1.54) is 36.4 Å². The highest BCUT2D eigenvalue weighted by atomic mass is 32.2. The fraction of sp³-hybridized carbons (Fsp3) is 0.263. The van der Waals surface area contributed by atoms with E-state index < -0.39 is 22.8 Å². The molecular formula is C19H18F4N2O2S. The first-order valence-electron chi connectivity index (χ1n) is 8.26. The predicted octanol–water partition coefficient (Wildman–Crippen LogP) is 4.22. The number of halogens is 4. The third-order valence-electron chi connectivity index (χ3n) is 3.71. The number of thioether (sulfide) groups is 1. The molecule has 0 aliphatic rings. The SMILES string of the molecule is CC(SCC(=O)Nc1ccc(F)cc1)C(=O)NCc1ccc(C(F)(F)F)cc1. The third kappa shape index (κ3) is 6.88. The zero-order chi connectivity index (χ0) is 20.7. The van der Waals surface area contributed by atoms with Gasteiger partial charge in [0.1, 0.15) is 5.82 Å². The number of hydrogen-bond acceptors (Lipinski definition) is 3. The van der Waals surface area contributed by atoms with Gasteiger partial charge in [0.25, 0.3) is 0 Å². The monoisotopic (exact) mass is 414 g/mol. The number of carbonyl (C=O) groups is 2. The van der Waals surface area contributed by atoms with Crippen LogP contribution in [0.25, 0.3) is 0 Å². The lowest BCUT2D eigenvalue weighted by molar-refractivity contribution is -0.137. The van der Waals surface area contributed by atoms with Crippen molar-refractivity contribution < 1.29 is 27.2 Å². The summed E-state index contributed by atoms with van der Waals surface area (Å²) in [6, 6.07) is 9.82. The summed E-state index contributed by atoms with van der Waals surface area (Å²) in [5.74, 6) is -1.06. The van der Waals surface area contributed by atoms with Crippen LogP contribution < -0.4 is 10.6 Å². The number of carbonyl (C=O) groups excluding carboxylic acids is 2. The lowest BCUT2D eigenvalue weighted by atomic mass is 10.1. The van der Waals surface area contributed by atoms with Crippen molar-refractivity contribution in [1.29, 1.82) is 0 Å². The van der Waals surface area contributed by atoms with Crippen molar-refractivity contribution in [2.24, 2.45) is 0 Å². The second-order valence-corrected chi connectivity index (χ2v) is 7.25. The molecule has 0 aliphatic heterocycles. The summed E-state index contributed by atoms with van der Waals surface area (Å²) in [7, 11) is 0. The van der Waals surface area contributed by atoms with Crippen LogP contribution >= 0.6 is 11.8 Å². The zero-order valence-corrected chi connectivity index (χ0v) is 15.7. The van der Waals surface area contributed by atoms with Crippen LogP contribution in [0.5, 0.6) is 0 Å². The van der Waals surface area contributed by atoms with Crippen molar-refractivity contribution in [3.63, 3.8) is 0 Å². The second-order valence-electron chi connectivity index (χ2n) is 5.92. The quantitative estimate of drug-likeness (QED) is 0.667. The number of benzene rings is 2. The molecule has 0 radical (unpaired) electrons. The fourth-order valence-electron chi connectivity index (χ4n) is 2.15. The average molecular weight is 414 g/mol. The van der Waals surface area contributed by atoms with Gasteiger partial charge in [-0.25, -0.2) is 4.39 Å². The van der Waals surface area contributed by atoms with Crippen molar-refractivity contribution in [2.45, 2.75) is 24.9 Å². The van der Waals surface area contributed by atoms with E-state index in [4.69, 9.17) is 0 Å². The van der Waals surface area contributed by atoms with E-state index in [1.807, 2.05) is 0 Å². The molecule has 0 heterocycles. The minimum atomic E-state index is -4.40. The van der Waals surface area contributed by atoms with E-state index in [2.05, 4.69) is 10.6 Å². The van der Waals surface area contributed by atoms with Crippen molar-refractivity contribution in [2.75, 3.05) is 11.1 Å². The molecule has 2 aromatic carbocycles. The largest absolute Gasteiger partial charge is 0.416 e. The Hall–Kier alpha value is -2.55. The maximum Gasteiger partial charge on any atom is 0.416 e. The molecule has 2 aromatic rings. The van der Waals surface area contributed by atoms with Crippen LogP contribution in [-0.4, -0.2) is 22.8 Å². The van der Waals surface area contributed by atoms with Gasteiger partial charge < -0.3 is 10.6 Å². The van der Waals surface area contributed by atoms with Crippen molar-refractivity contribution in [1.82, 2.24) is 5.32 Å². The zero-order valence-electron chi connectivity index (χ0n) is 14.8. The first kappa shape index (κ1) is 21.7. The summed E-state index contributed by atoms with van der Waals surface area (Å²) >= 11 is 1.11. The van der Waals surface area contributed by atoms with Crippen LogP contribution in [0.4, 0.5) is 23.2 Å². The predicted molar refractivity (Wildman–Crippen MR) is 100 cm³/mol. The van der Waals surface area contributed by atoms with Crippen molar-refractivity contribution in [3.05, 3.63) is 65.5 Å². The Morgan fingerprint density at radius 1 is 1.04 bits per heavy atom. The molecule has 0 fully saturated rings. The Labute approximate surface area is 163 Å². The number of nitrogens with one attached hydrogen (secondary N) is 2. The minimum Gasteiger partial charge on any atom is -0.351 e.